The van der Waals surface area contributed by atoms with E-state index in [0.29, 0.717) is 21.8 Å². The first-order valence-corrected chi connectivity index (χ1v) is 13.6. The van der Waals surface area contributed by atoms with Crippen molar-refractivity contribution in [3.05, 3.63) is 36.4 Å². The lowest BCUT2D eigenvalue weighted by molar-refractivity contribution is -0.109. The summed E-state index contributed by atoms with van der Waals surface area (Å²) < 4.78 is 29.7. The maximum Gasteiger partial charge on any atom is 0.250 e. The van der Waals surface area contributed by atoms with E-state index in [4.69, 9.17) is 0 Å². The van der Waals surface area contributed by atoms with Crippen molar-refractivity contribution in [2.24, 2.45) is 17.8 Å². The maximum absolute atomic E-state index is 13.2. The molecule has 4 unspecified atom stereocenters. The molecular formula is C22H28N2O3S3. The van der Waals surface area contributed by atoms with Gasteiger partial charge in [0.05, 0.1) is 0 Å². The van der Waals surface area contributed by atoms with Gasteiger partial charge in [-0.05, 0) is 66.8 Å². The van der Waals surface area contributed by atoms with E-state index in [1.54, 1.807) is 13.0 Å². The number of nitrogens with one attached hydrogen (secondary N) is 1. The van der Waals surface area contributed by atoms with Gasteiger partial charge in [-0.25, -0.2) is 13.1 Å². The number of anilines is 1. The Kier molecular flexibility index (Phi) is 6.30. The maximum atomic E-state index is 13.2. The van der Waals surface area contributed by atoms with Crippen molar-refractivity contribution in [2.75, 3.05) is 24.7 Å². The average Bonchev–Trinajstić information content (AvgIpc) is 3.43. The van der Waals surface area contributed by atoms with Crippen molar-refractivity contribution in [1.82, 2.24) is 4.72 Å². The number of fused-ring (bicyclic) bond motifs is 2. The van der Waals surface area contributed by atoms with Crippen LogP contribution in [0.2, 0.25) is 0 Å². The smallest absolute Gasteiger partial charge is 0.250 e. The molecule has 0 amide bonds. The molecule has 2 fully saturated rings. The highest BCUT2D eigenvalue weighted by molar-refractivity contribution is 8.13. The molecule has 2 aliphatic carbocycles. The second kappa shape index (κ2) is 8.65. The van der Waals surface area contributed by atoms with Crippen molar-refractivity contribution < 1.29 is 13.2 Å². The molecule has 0 spiro atoms. The summed E-state index contributed by atoms with van der Waals surface area (Å²) in [5.41, 5.74) is 2.12. The van der Waals surface area contributed by atoms with Crippen molar-refractivity contribution in [2.45, 2.75) is 36.4 Å². The molecule has 30 heavy (non-hydrogen) atoms. The quantitative estimate of drug-likeness (QED) is 0.656. The van der Waals surface area contributed by atoms with Gasteiger partial charge in [0.1, 0.15) is 4.21 Å². The molecule has 2 bridgehead atoms. The molecule has 2 aliphatic rings. The highest BCUT2D eigenvalue weighted by Gasteiger charge is 2.48. The van der Waals surface area contributed by atoms with E-state index in [2.05, 4.69) is 4.72 Å². The number of thiophene rings is 1. The molecule has 0 saturated heterocycles. The number of carbonyl (C=O) groups excluding carboxylic acids is 1. The van der Waals surface area contributed by atoms with Gasteiger partial charge in [0.25, 0.3) is 0 Å². The predicted molar refractivity (Wildman–Crippen MR) is 126 cm³/mol. The van der Waals surface area contributed by atoms with Crippen LogP contribution in [-0.4, -0.2) is 39.4 Å². The van der Waals surface area contributed by atoms with Crippen molar-refractivity contribution >= 4 is 43.9 Å². The molecule has 1 aromatic heterocycles. The number of nitrogens with zero attached hydrogens (tertiary/aromatic N) is 1. The Morgan fingerprint density at radius 1 is 1.13 bits per heavy atom. The molecule has 2 aromatic rings. The minimum Gasteiger partial charge on any atom is -0.378 e. The summed E-state index contributed by atoms with van der Waals surface area (Å²) >= 11 is 2.63. The Balaban J connectivity index is 1.50. The van der Waals surface area contributed by atoms with E-state index < -0.39 is 10.0 Å². The second-order valence-corrected chi connectivity index (χ2v) is 12.7. The summed E-state index contributed by atoms with van der Waals surface area (Å²) in [7, 11) is 0.409. The highest BCUT2D eigenvalue weighted by atomic mass is 32.2. The summed E-state index contributed by atoms with van der Waals surface area (Å²) in [4.78, 5) is 14.4. The van der Waals surface area contributed by atoms with Crippen LogP contribution in [0.3, 0.4) is 0 Å². The van der Waals surface area contributed by atoms with Crippen LogP contribution < -0.4 is 9.62 Å². The summed E-state index contributed by atoms with van der Waals surface area (Å²) in [6, 6.07) is 11.6. The normalized spacial score (nSPS) is 25.6. The summed E-state index contributed by atoms with van der Waals surface area (Å²) in [5.74, 6) is 1.87. The predicted octanol–water partition coefficient (Wildman–Crippen LogP) is 4.45. The van der Waals surface area contributed by atoms with Crippen LogP contribution in [0.1, 0.15) is 26.2 Å². The van der Waals surface area contributed by atoms with Gasteiger partial charge in [0.2, 0.25) is 10.0 Å². The first-order valence-electron chi connectivity index (χ1n) is 10.3. The molecule has 4 rings (SSSR count). The Hall–Kier alpha value is -1.35. The third-order valence-electron chi connectivity index (χ3n) is 6.37. The zero-order valence-electron chi connectivity index (χ0n) is 17.5. The molecule has 0 radical (unpaired) electrons. The lowest BCUT2D eigenvalue weighted by atomic mass is 9.86. The Morgan fingerprint density at radius 2 is 1.83 bits per heavy atom. The Bertz CT molecular complexity index is 1010. The molecule has 2 saturated carbocycles. The number of thioether (sulfide) groups is 1. The zero-order chi connectivity index (χ0) is 21.5. The first-order chi connectivity index (χ1) is 14.2. The van der Waals surface area contributed by atoms with Gasteiger partial charge in [-0.15, -0.1) is 11.3 Å². The molecule has 1 aromatic carbocycles. The van der Waals surface area contributed by atoms with E-state index in [0.717, 1.165) is 35.4 Å². The molecule has 5 nitrogen and oxygen atoms in total. The van der Waals surface area contributed by atoms with Crippen molar-refractivity contribution in [1.29, 1.82) is 0 Å². The number of hydrogen-bond acceptors (Lipinski definition) is 6. The lowest BCUT2D eigenvalue weighted by Gasteiger charge is -2.31. The fourth-order valence-corrected chi connectivity index (χ4v) is 8.42. The van der Waals surface area contributed by atoms with Gasteiger partial charge in [0, 0.05) is 43.4 Å². The van der Waals surface area contributed by atoms with Crippen molar-refractivity contribution in [3.8, 4) is 10.4 Å². The topological polar surface area (TPSA) is 66.5 Å². The first kappa shape index (κ1) is 21.9. The van der Waals surface area contributed by atoms with Gasteiger partial charge in [-0.2, -0.15) is 0 Å². The monoisotopic (exact) mass is 464 g/mol. The van der Waals surface area contributed by atoms with Crippen LogP contribution in [0.5, 0.6) is 0 Å². The van der Waals surface area contributed by atoms with Gasteiger partial charge in [-0.3, -0.25) is 4.79 Å². The number of carbonyl (C=O) groups is 1. The van der Waals surface area contributed by atoms with Crippen LogP contribution in [0.25, 0.3) is 10.4 Å². The van der Waals surface area contributed by atoms with E-state index in [1.165, 1.54) is 23.1 Å². The average molecular weight is 465 g/mol. The molecule has 162 valence electrons. The van der Waals surface area contributed by atoms with E-state index in [9.17, 15) is 13.2 Å². The van der Waals surface area contributed by atoms with E-state index in [1.807, 2.05) is 49.3 Å². The molecule has 1 N–H and O–H groups in total. The second-order valence-electron chi connectivity index (χ2n) is 8.51. The molecule has 0 aliphatic heterocycles. The van der Waals surface area contributed by atoms with Gasteiger partial charge < -0.3 is 4.90 Å². The van der Waals surface area contributed by atoms with Crippen LogP contribution >= 0.6 is 23.1 Å². The van der Waals surface area contributed by atoms with E-state index >= 15 is 0 Å². The van der Waals surface area contributed by atoms with E-state index in [-0.39, 0.29) is 17.1 Å². The lowest BCUT2D eigenvalue weighted by Crippen LogP contribution is -2.44. The van der Waals surface area contributed by atoms with Gasteiger partial charge >= 0.3 is 0 Å². The van der Waals surface area contributed by atoms with Crippen LogP contribution in [-0.2, 0) is 14.8 Å². The number of hydrogen-bond donors (Lipinski definition) is 1. The molecule has 1 heterocycles. The number of rotatable bonds is 7. The van der Waals surface area contributed by atoms with Crippen LogP contribution in [0, 0.1) is 17.8 Å². The third kappa shape index (κ3) is 4.47. The van der Waals surface area contributed by atoms with Gasteiger partial charge in [0.15, 0.2) is 5.12 Å². The Morgan fingerprint density at radius 3 is 2.50 bits per heavy atom. The molecular weight excluding hydrogens is 436 g/mol. The van der Waals surface area contributed by atoms with Crippen molar-refractivity contribution in [3.63, 3.8) is 0 Å². The van der Waals surface area contributed by atoms with Crippen LogP contribution in [0.4, 0.5) is 5.69 Å². The molecule has 8 heteroatoms. The minimum atomic E-state index is -3.58. The summed E-state index contributed by atoms with van der Waals surface area (Å²) in [6.45, 7) is 1.58. The summed E-state index contributed by atoms with van der Waals surface area (Å²) in [6.07, 6.45) is 3.30. The van der Waals surface area contributed by atoms with Gasteiger partial charge in [-0.1, -0.05) is 23.9 Å². The SMILES string of the molecule is CC(=O)SCC1C2CCC(C2)C1NS(=O)(=O)c1ccc(-c2ccc(N(C)C)cc2)s1. The summed E-state index contributed by atoms with van der Waals surface area (Å²) in [5, 5.41) is 0.0996. The molecule has 4 atom stereocenters. The fourth-order valence-electron chi connectivity index (χ4n) is 4.83. The standard InChI is InChI=1S/C22H28N2O3S3/c1-14(25)28-13-19-16-4-5-17(12-16)22(19)23-30(26,27)21-11-10-20(29-21)15-6-8-18(9-7-15)24(2)3/h6-11,16-17,19,22-23H,4-5,12-13H2,1-3H3. The minimum absolute atomic E-state index is 0.0643. The third-order valence-corrected chi connectivity index (χ3v) is 10.4. The number of sulfonamides is 1. The van der Waals surface area contributed by atoms with Crippen LogP contribution in [0.15, 0.2) is 40.6 Å². The fraction of sp³-hybridized carbons (Fsp3) is 0.500. The zero-order valence-corrected chi connectivity index (χ0v) is 19.9. The Labute approximate surface area is 187 Å². The highest BCUT2D eigenvalue weighted by Crippen LogP contribution is 2.50. The largest absolute Gasteiger partial charge is 0.378 e. The number of benzene rings is 1.